The van der Waals surface area contributed by atoms with Crippen LogP contribution in [0, 0.1) is 18.3 Å². The summed E-state index contributed by atoms with van der Waals surface area (Å²) in [7, 11) is 0. The topological polar surface area (TPSA) is 107 Å². The van der Waals surface area contributed by atoms with Gasteiger partial charge in [-0.1, -0.05) is 24.3 Å². The predicted molar refractivity (Wildman–Crippen MR) is 112 cm³/mol. The van der Waals surface area contributed by atoms with Gasteiger partial charge in [0.2, 0.25) is 0 Å². The average molecular weight is 395 g/mol. The van der Waals surface area contributed by atoms with Crippen molar-refractivity contribution in [3.8, 4) is 6.07 Å². The first kappa shape index (κ1) is 19.0. The molecule has 0 spiro atoms. The first-order valence-corrected chi connectivity index (χ1v) is 9.27. The van der Waals surface area contributed by atoms with Gasteiger partial charge >= 0.3 is 0 Å². The summed E-state index contributed by atoms with van der Waals surface area (Å²) < 4.78 is 0. The van der Waals surface area contributed by atoms with E-state index < -0.39 is 0 Å². The van der Waals surface area contributed by atoms with E-state index in [9.17, 15) is 9.59 Å². The SMILES string of the molecule is Cc1cc(C#N)cnc1C(=O)Nc1ccc2c(c1)C(NC(=O)c1ccccc1)=NC2. The predicted octanol–water partition coefficient (Wildman–Crippen LogP) is 3.20. The van der Waals surface area contributed by atoms with Crippen LogP contribution >= 0.6 is 0 Å². The molecule has 0 fully saturated rings. The number of aromatic nitrogens is 1. The molecule has 30 heavy (non-hydrogen) atoms. The van der Waals surface area contributed by atoms with E-state index >= 15 is 0 Å². The van der Waals surface area contributed by atoms with Crippen LogP contribution < -0.4 is 10.6 Å². The van der Waals surface area contributed by atoms with E-state index in [0.29, 0.717) is 34.8 Å². The maximum atomic E-state index is 12.6. The Balaban J connectivity index is 1.52. The van der Waals surface area contributed by atoms with Crippen LogP contribution in [0.5, 0.6) is 0 Å². The summed E-state index contributed by atoms with van der Waals surface area (Å²) in [5.74, 6) is -0.140. The molecule has 0 radical (unpaired) electrons. The fraction of sp³-hybridized carbons (Fsp3) is 0.0870. The van der Waals surface area contributed by atoms with Crippen LogP contribution in [-0.4, -0.2) is 22.6 Å². The van der Waals surface area contributed by atoms with Crippen molar-refractivity contribution in [1.82, 2.24) is 10.3 Å². The zero-order valence-electron chi connectivity index (χ0n) is 16.1. The van der Waals surface area contributed by atoms with Crippen LogP contribution in [0.15, 0.2) is 65.8 Å². The van der Waals surface area contributed by atoms with Gasteiger partial charge in [0.15, 0.2) is 0 Å². The lowest BCUT2D eigenvalue weighted by Gasteiger charge is -2.10. The molecule has 0 unspecified atom stereocenters. The Kier molecular flexibility index (Phi) is 5.06. The van der Waals surface area contributed by atoms with Crippen LogP contribution in [0.2, 0.25) is 0 Å². The molecule has 3 aromatic rings. The van der Waals surface area contributed by atoms with Gasteiger partial charge < -0.3 is 10.6 Å². The molecular weight excluding hydrogens is 378 g/mol. The number of fused-ring (bicyclic) bond motifs is 1. The molecule has 0 saturated heterocycles. The van der Waals surface area contributed by atoms with Gasteiger partial charge in [-0.15, -0.1) is 0 Å². The van der Waals surface area contributed by atoms with Gasteiger partial charge in [0, 0.05) is 23.0 Å². The fourth-order valence-corrected chi connectivity index (χ4v) is 3.20. The number of nitrogens with one attached hydrogen (secondary N) is 2. The third-order valence-corrected chi connectivity index (χ3v) is 4.72. The first-order chi connectivity index (χ1) is 14.5. The number of benzene rings is 2. The summed E-state index contributed by atoms with van der Waals surface area (Å²) in [6, 6.07) is 18.0. The minimum absolute atomic E-state index is 0.242. The summed E-state index contributed by atoms with van der Waals surface area (Å²) >= 11 is 0. The molecule has 2 heterocycles. The lowest BCUT2D eigenvalue weighted by atomic mass is 10.1. The molecule has 0 atom stereocenters. The Morgan fingerprint density at radius 3 is 2.57 bits per heavy atom. The number of nitriles is 1. The Bertz CT molecular complexity index is 1230. The number of hydrogen-bond acceptors (Lipinski definition) is 5. The van der Waals surface area contributed by atoms with E-state index in [1.807, 2.05) is 18.2 Å². The Morgan fingerprint density at radius 1 is 1.03 bits per heavy atom. The lowest BCUT2D eigenvalue weighted by Crippen LogP contribution is -2.30. The zero-order chi connectivity index (χ0) is 21.1. The number of nitrogens with zero attached hydrogens (tertiary/aromatic N) is 3. The summed E-state index contributed by atoms with van der Waals surface area (Å²) in [6.45, 7) is 2.19. The number of carbonyl (C=O) groups excluding carboxylic acids is 2. The standard InChI is InChI=1S/C23H17N5O2/c1-14-9-15(11-24)12-25-20(14)23(30)27-18-8-7-17-13-26-21(19(17)10-18)28-22(29)16-5-3-2-4-6-16/h2-10,12H,13H2,1H3,(H,27,30)(H,26,28,29). The molecule has 1 aromatic heterocycles. The van der Waals surface area contributed by atoms with Gasteiger partial charge in [-0.2, -0.15) is 5.26 Å². The van der Waals surface area contributed by atoms with Crippen molar-refractivity contribution in [3.63, 3.8) is 0 Å². The second-order valence-electron chi connectivity index (χ2n) is 6.81. The number of pyridine rings is 1. The maximum Gasteiger partial charge on any atom is 0.274 e. The fourth-order valence-electron chi connectivity index (χ4n) is 3.20. The highest BCUT2D eigenvalue weighted by atomic mass is 16.2. The number of aliphatic imine (C=N–C) groups is 1. The van der Waals surface area contributed by atoms with Crippen molar-refractivity contribution in [2.75, 3.05) is 5.32 Å². The highest BCUT2D eigenvalue weighted by molar-refractivity contribution is 6.15. The van der Waals surface area contributed by atoms with Gasteiger partial charge in [-0.05, 0) is 48.4 Å². The van der Waals surface area contributed by atoms with Crippen molar-refractivity contribution in [1.29, 1.82) is 5.26 Å². The van der Waals surface area contributed by atoms with Gasteiger partial charge in [0.05, 0.1) is 12.1 Å². The van der Waals surface area contributed by atoms with Crippen molar-refractivity contribution in [2.24, 2.45) is 4.99 Å². The average Bonchev–Trinajstić information content (AvgIpc) is 3.16. The third-order valence-electron chi connectivity index (χ3n) is 4.72. The molecule has 2 amide bonds. The Morgan fingerprint density at radius 2 is 1.83 bits per heavy atom. The molecule has 146 valence electrons. The van der Waals surface area contributed by atoms with E-state index in [0.717, 1.165) is 11.1 Å². The number of amidine groups is 1. The summed E-state index contributed by atoms with van der Waals surface area (Å²) in [5, 5.41) is 14.6. The number of carbonyl (C=O) groups is 2. The second kappa shape index (κ2) is 7.97. The van der Waals surface area contributed by atoms with Crippen LogP contribution in [0.3, 0.4) is 0 Å². The van der Waals surface area contributed by atoms with Crippen molar-refractivity contribution < 1.29 is 9.59 Å². The maximum absolute atomic E-state index is 12.6. The molecule has 2 aromatic carbocycles. The Hall–Kier alpha value is -4.31. The van der Waals surface area contributed by atoms with Gasteiger partial charge in [0.1, 0.15) is 17.6 Å². The van der Waals surface area contributed by atoms with E-state index in [1.54, 1.807) is 49.4 Å². The molecule has 0 saturated carbocycles. The van der Waals surface area contributed by atoms with Crippen LogP contribution in [0.1, 0.15) is 43.1 Å². The highest BCUT2D eigenvalue weighted by Crippen LogP contribution is 2.23. The second-order valence-corrected chi connectivity index (χ2v) is 6.81. The monoisotopic (exact) mass is 395 g/mol. The molecule has 7 nitrogen and oxygen atoms in total. The zero-order valence-corrected chi connectivity index (χ0v) is 16.1. The minimum atomic E-state index is -0.373. The molecule has 1 aliphatic rings. The molecule has 7 heteroatoms. The molecule has 0 bridgehead atoms. The van der Waals surface area contributed by atoms with E-state index in [4.69, 9.17) is 5.26 Å². The molecule has 4 rings (SSSR count). The van der Waals surface area contributed by atoms with Gasteiger partial charge in [-0.25, -0.2) is 4.98 Å². The number of anilines is 1. The van der Waals surface area contributed by atoms with Crippen LogP contribution in [0.4, 0.5) is 5.69 Å². The summed E-state index contributed by atoms with van der Waals surface area (Å²) in [4.78, 5) is 33.6. The largest absolute Gasteiger partial charge is 0.321 e. The van der Waals surface area contributed by atoms with Crippen molar-refractivity contribution >= 4 is 23.3 Å². The number of rotatable bonds is 3. The van der Waals surface area contributed by atoms with Crippen LogP contribution in [0.25, 0.3) is 0 Å². The van der Waals surface area contributed by atoms with E-state index in [-0.39, 0.29) is 17.5 Å². The quantitative estimate of drug-likeness (QED) is 0.710. The Labute approximate surface area is 173 Å². The van der Waals surface area contributed by atoms with Crippen molar-refractivity contribution in [3.05, 3.63) is 94.3 Å². The molecule has 1 aliphatic heterocycles. The van der Waals surface area contributed by atoms with Crippen molar-refractivity contribution in [2.45, 2.75) is 13.5 Å². The number of aryl methyl sites for hydroxylation is 1. The summed E-state index contributed by atoms with van der Waals surface area (Å²) in [5.41, 5.74) is 4.10. The molecular formula is C23H17N5O2. The highest BCUT2D eigenvalue weighted by Gasteiger charge is 2.20. The van der Waals surface area contributed by atoms with E-state index in [1.165, 1.54) is 6.20 Å². The number of hydrogen-bond donors (Lipinski definition) is 2. The smallest absolute Gasteiger partial charge is 0.274 e. The van der Waals surface area contributed by atoms with E-state index in [2.05, 4.69) is 20.6 Å². The molecule has 2 N–H and O–H groups in total. The minimum Gasteiger partial charge on any atom is -0.321 e. The third kappa shape index (κ3) is 3.80. The first-order valence-electron chi connectivity index (χ1n) is 9.27. The van der Waals surface area contributed by atoms with Crippen LogP contribution in [-0.2, 0) is 6.54 Å². The van der Waals surface area contributed by atoms with Gasteiger partial charge in [0.25, 0.3) is 11.8 Å². The van der Waals surface area contributed by atoms with Gasteiger partial charge in [-0.3, -0.25) is 14.6 Å². The number of amides is 2. The molecule has 0 aliphatic carbocycles. The normalized spacial score (nSPS) is 11.8. The summed E-state index contributed by atoms with van der Waals surface area (Å²) in [6.07, 6.45) is 1.37. The lowest BCUT2D eigenvalue weighted by molar-refractivity contribution is 0.0975.